The molecule has 1 aliphatic carbocycles. The van der Waals surface area contributed by atoms with Crippen LogP contribution in [0.4, 0.5) is 0 Å². The minimum atomic E-state index is -0.0765. The van der Waals surface area contributed by atoms with Crippen LogP contribution >= 0.6 is 12.6 Å². The highest BCUT2D eigenvalue weighted by Crippen LogP contribution is 2.32. The predicted octanol–water partition coefficient (Wildman–Crippen LogP) is 2.28. The van der Waals surface area contributed by atoms with Crippen molar-refractivity contribution in [2.24, 2.45) is 11.8 Å². The van der Waals surface area contributed by atoms with Crippen LogP contribution in [0.25, 0.3) is 0 Å². The molecule has 1 aliphatic rings. The minimum absolute atomic E-state index is 0.0416. The Hall–Kier alpha value is -0.180. The summed E-state index contributed by atoms with van der Waals surface area (Å²) in [6, 6.07) is 0. The van der Waals surface area contributed by atoms with E-state index in [9.17, 15) is 4.79 Å². The van der Waals surface area contributed by atoms with Crippen molar-refractivity contribution >= 4 is 18.6 Å². The van der Waals surface area contributed by atoms with Gasteiger partial charge in [0.1, 0.15) is 0 Å². The molecule has 0 spiro atoms. The predicted molar refractivity (Wildman–Crippen MR) is 55.9 cm³/mol. The first-order valence-corrected chi connectivity index (χ1v) is 5.42. The first-order valence-electron chi connectivity index (χ1n) is 4.91. The maximum atomic E-state index is 11.3. The Labute approximate surface area is 85.4 Å². The molecule has 0 bridgehead atoms. The van der Waals surface area contributed by atoms with Gasteiger partial charge in [-0.15, -0.1) is 0 Å². The first kappa shape index (κ1) is 10.9. The minimum Gasteiger partial charge on any atom is -0.469 e. The summed E-state index contributed by atoms with van der Waals surface area (Å²) in [5.74, 6) is 0.441. The molecule has 76 valence electrons. The van der Waals surface area contributed by atoms with Gasteiger partial charge < -0.3 is 4.74 Å². The number of esters is 1. The molecular formula is C10H18O2S. The van der Waals surface area contributed by atoms with Crippen LogP contribution in [0, 0.1) is 11.8 Å². The number of hydrogen-bond acceptors (Lipinski definition) is 3. The average molecular weight is 202 g/mol. The highest BCUT2D eigenvalue weighted by atomic mass is 32.1. The molecule has 0 heterocycles. The van der Waals surface area contributed by atoms with Gasteiger partial charge in [0.25, 0.3) is 0 Å². The molecule has 13 heavy (non-hydrogen) atoms. The van der Waals surface area contributed by atoms with Crippen LogP contribution in [0.1, 0.15) is 32.6 Å². The summed E-state index contributed by atoms with van der Waals surface area (Å²) in [7, 11) is 1.46. The lowest BCUT2D eigenvalue weighted by atomic mass is 9.80. The molecule has 0 aliphatic heterocycles. The largest absolute Gasteiger partial charge is 0.469 e. The lowest BCUT2D eigenvalue weighted by molar-refractivity contribution is -0.147. The van der Waals surface area contributed by atoms with Crippen LogP contribution in [0.3, 0.4) is 0 Å². The molecule has 0 saturated heterocycles. The van der Waals surface area contributed by atoms with Gasteiger partial charge in [-0.1, -0.05) is 13.3 Å². The topological polar surface area (TPSA) is 26.3 Å². The van der Waals surface area contributed by atoms with Crippen LogP contribution in [-0.4, -0.2) is 18.3 Å². The second-order valence-corrected chi connectivity index (χ2v) is 4.62. The standard InChI is InChI=1S/C10H18O2S/c1-7(10(11)12-2)8-4-3-5-9(13)6-8/h7-9,13H,3-6H2,1-2H3. The monoisotopic (exact) mass is 202 g/mol. The fourth-order valence-electron chi connectivity index (χ4n) is 2.03. The molecule has 0 N–H and O–H groups in total. The number of rotatable bonds is 2. The van der Waals surface area contributed by atoms with Crippen LogP contribution in [-0.2, 0) is 9.53 Å². The van der Waals surface area contributed by atoms with Crippen molar-refractivity contribution in [3.8, 4) is 0 Å². The van der Waals surface area contributed by atoms with Gasteiger partial charge in [0.2, 0.25) is 0 Å². The summed E-state index contributed by atoms with van der Waals surface area (Å²) in [6.07, 6.45) is 4.58. The Morgan fingerprint density at radius 2 is 2.23 bits per heavy atom. The van der Waals surface area contributed by atoms with Gasteiger partial charge in [0.05, 0.1) is 13.0 Å². The molecule has 3 heteroatoms. The Kier molecular flexibility index (Phi) is 4.10. The van der Waals surface area contributed by atoms with E-state index in [1.807, 2.05) is 6.92 Å². The molecular weight excluding hydrogens is 184 g/mol. The normalized spacial score (nSPS) is 31.0. The van der Waals surface area contributed by atoms with E-state index in [0.29, 0.717) is 11.2 Å². The van der Waals surface area contributed by atoms with Crippen molar-refractivity contribution in [2.45, 2.75) is 37.9 Å². The van der Waals surface area contributed by atoms with E-state index in [0.717, 1.165) is 12.8 Å². The number of hydrogen-bond donors (Lipinski definition) is 1. The molecule has 3 atom stereocenters. The summed E-state index contributed by atoms with van der Waals surface area (Å²) < 4.78 is 4.74. The fraction of sp³-hybridized carbons (Fsp3) is 0.900. The molecule has 0 amide bonds. The van der Waals surface area contributed by atoms with Crippen LogP contribution < -0.4 is 0 Å². The van der Waals surface area contributed by atoms with Gasteiger partial charge in [0.15, 0.2) is 0 Å². The van der Waals surface area contributed by atoms with Crippen LogP contribution in [0.15, 0.2) is 0 Å². The zero-order valence-electron chi connectivity index (χ0n) is 8.32. The van der Waals surface area contributed by atoms with Crippen molar-refractivity contribution in [1.82, 2.24) is 0 Å². The summed E-state index contributed by atoms with van der Waals surface area (Å²) >= 11 is 4.46. The molecule has 0 radical (unpaired) electrons. The van der Waals surface area contributed by atoms with Gasteiger partial charge in [-0.3, -0.25) is 4.79 Å². The highest BCUT2D eigenvalue weighted by Gasteiger charge is 2.28. The number of methoxy groups -OCH3 is 1. The third-order valence-corrected chi connectivity index (χ3v) is 3.44. The molecule has 2 nitrogen and oxygen atoms in total. The van der Waals surface area contributed by atoms with Crippen molar-refractivity contribution < 1.29 is 9.53 Å². The second-order valence-electron chi connectivity index (χ2n) is 3.89. The van der Waals surface area contributed by atoms with E-state index in [1.165, 1.54) is 20.0 Å². The van der Waals surface area contributed by atoms with Gasteiger partial charge in [-0.2, -0.15) is 12.6 Å². The summed E-state index contributed by atoms with van der Waals surface area (Å²) in [6.45, 7) is 1.96. The smallest absolute Gasteiger partial charge is 0.308 e. The highest BCUT2D eigenvalue weighted by molar-refractivity contribution is 7.80. The van der Waals surface area contributed by atoms with E-state index >= 15 is 0 Å². The summed E-state index contributed by atoms with van der Waals surface area (Å²) in [5, 5.41) is 0.478. The lowest BCUT2D eigenvalue weighted by Crippen LogP contribution is -2.27. The molecule has 0 aromatic carbocycles. The van der Waals surface area contributed by atoms with Crippen LogP contribution in [0.5, 0.6) is 0 Å². The van der Waals surface area contributed by atoms with Gasteiger partial charge in [0, 0.05) is 5.25 Å². The van der Waals surface area contributed by atoms with Crippen molar-refractivity contribution in [3.05, 3.63) is 0 Å². The fourth-order valence-corrected chi connectivity index (χ4v) is 2.49. The Bertz CT molecular complexity index is 182. The van der Waals surface area contributed by atoms with Gasteiger partial charge in [-0.05, 0) is 25.2 Å². The quantitative estimate of drug-likeness (QED) is 0.549. The van der Waals surface area contributed by atoms with E-state index in [2.05, 4.69) is 12.6 Å². The SMILES string of the molecule is COC(=O)C(C)C1CCCC(S)C1. The first-order chi connectivity index (χ1) is 6.15. The maximum Gasteiger partial charge on any atom is 0.308 e. The molecule has 1 fully saturated rings. The number of thiol groups is 1. The Morgan fingerprint density at radius 1 is 1.54 bits per heavy atom. The second kappa shape index (κ2) is 4.89. The van der Waals surface area contributed by atoms with E-state index < -0.39 is 0 Å². The Morgan fingerprint density at radius 3 is 2.77 bits per heavy atom. The van der Waals surface area contributed by atoms with E-state index in [-0.39, 0.29) is 11.9 Å². The molecule has 0 aromatic heterocycles. The number of carbonyl (C=O) groups excluding carboxylic acids is 1. The maximum absolute atomic E-state index is 11.3. The van der Waals surface area contributed by atoms with E-state index in [1.54, 1.807) is 0 Å². The van der Waals surface area contributed by atoms with Crippen molar-refractivity contribution in [3.63, 3.8) is 0 Å². The molecule has 1 saturated carbocycles. The van der Waals surface area contributed by atoms with Crippen LogP contribution in [0.2, 0.25) is 0 Å². The average Bonchev–Trinajstić information content (AvgIpc) is 2.15. The molecule has 0 aromatic rings. The summed E-state index contributed by atoms with van der Waals surface area (Å²) in [5.41, 5.74) is 0. The third kappa shape index (κ3) is 2.90. The molecule has 3 unspecified atom stereocenters. The zero-order valence-corrected chi connectivity index (χ0v) is 9.22. The number of carbonyl (C=O) groups is 1. The van der Waals surface area contributed by atoms with Gasteiger partial charge >= 0.3 is 5.97 Å². The molecule has 1 rings (SSSR count). The Balaban J connectivity index is 2.45. The number of ether oxygens (including phenoxy) is 1. The van der Waals surface area contributed by atoms with Crippen molar-refractivity contribution in [2.75, 3.05) is 7.11 Å². The summed E-state index contributed by atoms with van der Waals surface area (Å²) in [4.78, 5) is 11.3. The third-order valence-electron chi connectivity index (χ3n) is 2.97. The zero-order chi connectivity index (χ0) is 9.84. The van der Waals surface area contributed by atoms with E-state index in [4.69, 9.17) is 4.74 Å². The van der Waals surface area contributed by atoms with Gasteiger partial charge in [-0.25, -0.2) is 0 Å². The lowest BCUT2D eigenvalue weighted by Gasteiger charge is -2.29. The van der Waals surface area contributed by atoms with Crippen molar-refractivity contribution in [1.29, 1.82) is 0 Å².